The number of nitrogens with zero attached hydrogens (tertiary/aromatic N) is 1. The summed E-state index contributed by atoms with van der Waals surface area (Å²) in [7, 11) is 3.89. The van der Waals surface area contributed by atoms with Gasteiger partial charge in [-0.3, -0.25) is 0 Å². The molecule has 0 bridgehead atoms. The van der Waals surface area contributed by atoms with Gasteiger partial charge in [-0.25, -0.2) is 0 Å². The highest BCUT2D eigenvalue weighted by molar-refractivity contribution is 5.32. The summed E-state index contributed by atoms with van der Waals surface area (Å²) in [5, 5.41) is 3.49. The zero-order valence-corrected chi connectivity index (χ0v) is 13.6. The molecule has 3 heteroatoms. The van der Waals surface area contributed by atoms with E-state index in [0.717, 1.165) is 38.3 Å². The Bertz CT molecular complexity index is 542. The van der Waals surface area contributed by atoms with Gasteiger partial charge in [0.2, 0.25) is 0 Å². The molecule has 118 valence electrons. The Morgan fingerprint density at radius 3 is 2.50 bits per heavy atom. The fourth-order valence-electron chi connectivity index (χ4n) is 2.52. The maximum Gasteiger partial charge on any atom is 0.123 e. The lowest BCUT2D eigenvalue weighted by molar-refractivity contribution is 0.319. The molecule has 1 N–H and O–H groups in total. The van der Waals surface area contributed by atoms with Crippen LogP contribution >= 0.6 is 0 Å². The van der Waals surface area contributed by atoms with E-state index in [1.807, 2.05) is 18.2 Å². The van der Waals surface area contributed by atoms with E-state index in [0.29, 0.717) is 0 Å². The van der Waals surface area contributed by atoms with Crippen molar-refractivity contribution in [2.75, 3.05) is 27.2 Å². The van der Waals surface area contributed by atoms with Gasteiger partial charge in [0.05, 0.1) is 7.11 Å². The number of benzene rings is 2. The Morgan fingerprint density at radius 1 is 1.00 bits per heavy atom. The van der Waals surface area contributed by atoms with Crippen LogP contribution in [-0.4, -0.2) is 32.1 Å². The number of hydrogen-bond donors (Lipinski definition) is 1. The lowest BCUT2D eigenvalue weighted by atomic mass is 10.2. The second kappa shape index (κ2) is 9.23. The van der Waals surface area contributed by atoms with E-state index < -0.39 is 0 Å². The Labute approximate surface area is 133 Å². The quantitative estimate of drug-likeness (QED) is 0.719. The molecule has 0 atom stereocenters. The van der Waals surface area contributed by atoms with E-state index in [-0.39, 0.29) is 0 Å². The van der Waals surface area contributed by atoms with Crippen molar-refractivity contribution in [2.24, 2.45) is 0 Å². The lowest BCUT2D eigenvalue weighted by Gasteiger charge is -2.17. The molecule has 0 unspecified atom stereocenters. The van der Waals surface area contributed by atoms with Gasteiger partial charge in [-0.1, -0.05) is 48.5 Å². The molecule has 3 nitrogen and oxygen atoms in total. The number of nitrogens with one attached hydrogen (secondary N) is 1. The number of rotatable bonds is 9. The molecular weight excluding hydrogens is 272 g/mol. The van der Waals surface area contributed by atoms with E-state index in [9.17, 15) is 0 Å². The first kappa shape index (κ1) is 16.5. The maximum atomic E-state index is 5.36. The number of ether oxygens (including phenoxy) is 1. The minimum atomic E-state index is 0.854. The van der Waals surface area contributed by atoms with Crippen LogP contribution in [0.4, 0.5) is 0 Å². The van der Waals surface area contributed by atoms with Crippen LogP contribution in [0.3, 0.4) is 0 Å². The summed E-state index contributed by atoms with van der Waals surface area (Å²) in [4.78, 5) is 2.36. The Kier molecular flexibility index (Phi) is 6.94. The Balaban J connectivity index is 1.63. The summed E-state index contributed by atoms with van der Waals surface area (Å²) >= 11 is 0. The highest BCUT2D eigenvalue weighted by atomic mass is 16.5. The second-order valence-corrected chi connectivity index (χ2v) is 5.57. The van der Waals surface area contributed by atoms with Crippen LogP contribution < -0.4 is 10.1 Å². The monoisotopic (exact) mass is 298 g/mol. The third-order valence-corrected chi connectivity index (χ3v) is 3.70. The van der Waals surface area contributed by atoms with Gasteiger partial charge in [-0.2, -0.15) is 0 Å². The van der Waals surface area contributed by atoms with Crippen LogP contribution in [0.5, 0.6) is 5.75 Å². The Morgan fingerprint density at radius 2 is 1.73 bits per heavy atom. The van der Waals surface area contributed by atoms with Gasteiger partial charge in [0.1, 0.15) is 5.75 Å². The van der Waals surface area contributed by atoms with Crippen molar-refractivity contribution in [3.8, 4) is 5.75 Å². The van der Waals surface area contributed by atoms with E-state index in [2.05, 4.69) is 53.7 Å². The zero-order valence-electron chi connectivity index (χ0n) is 13.6. The molecule has 0 amide bonds. The van der Waals surface area contributed by atoms with Gasteiger partial charge in [-0.15, -0.1) is 0 Å². The largest absolute Gasteiger partial charge is 0.496 e. The van der Waals surface area contributed by atoms with Gasteiger partial charge in [0.25, 0.3) is 0 Å². The smallest absolute Gasteiger partial charge is 0.123 e. The first-order valence-electron chi connectivity index (χ1n) is 7.84. The average molecular weight is 298 g/mol. The van der Waals surface area contributed by atoms with Gasteiger partial charge in [-0.05, 0) is 38.2 Å². The van der Waals surface area contributed by atoms with Crippen molar-refractivity contribution in [1.29, 1.82) is 0 Å². The van der Waals surface area contributed by atoms with Crippen LogP contribution in [0.25, 0.3) is 0 Å². The third kappa shape index (κ3) is 5.51. The van der Waals surface area contributed by atoms with Gasteiger partial charge < -0.3 is 15.0 Å². The molecule has 0 heterocycles. The van der Waals surface area contributed by atoms with Crippen molar-refractivity contribution in [3.05, 3.63) is 65.7 Å². The van der Waals surface area contributed by atoms with Crippen LogP contribution in [-0.2, 0) is 13.1 Å². The topological polar surface area (TPSA) is 24.5 Å². The highest BCUT2D eigenvalue weighted by Crippen LogP contribution is 2.16. The normalized spacial score (nSPS) is 10.9. The SMILES string of the molecule is COc1ccccc1CNCCCN(C)Cc1ccccc1. The molecular formula is C19H26N2O. The summed E-state index contributed by atoms with van der Waals surface area (Å²) in [6, 6.07) is 18.8. The molecule has 0 aliphatic carbocycles. The van der Waals surface area contributed by atoms with E-state index in [4.69, 9.17) is 4.74 Å². The summed E-state index contributed by atoms with van der Waals surface area (Å²) < 4.78 is 5.36. The van der Waals surface area contributed by atoms with E-state index in [1.54, 1.807) is 7.11 Å². The fraction of sp³-hybridized carbons (Fsp3) is 0.368. The van der Waals surface area contributed by atoms with Crippen molar-refractivity contribution in [2.45, 2.75) is 19.5 Å². The van der Waals surface area contributed by atoms with Crippen LogP contribution in [0.1, 0.15) is 17.5 Å². The minimum absolute atomic E-state index is 0.854. The molecule has 0 saturated carbocycles. The van der Waals surface area contributed by atoms with Crippen molar-refractivity contribution in [3.63, 3.8) is 0 Å². The average Bonchev–Trinajstić information content (AvgIpc) is 2.56. The van der Waals surface area contributed by atoms with Gasteiger partial charge in [0, 0.05) is 18.7 Å². The van der Waals surface area contributed by atoms with E-state index in [1.165, 1.54) is 11.1 Å². The van der Waals surface area contributed by atoms with Crippen molar-refractivity contribution in [1.82, 2.24) is 10.2 Å². The molecule has 0 saturated heterocycles. The highest BCUT2D eigenvalue weighted by Gasteiger charge is 2.02. The number of para-hydroxylation sites is 1. The molecule has 0 fully saturated rings. The predicted octanol–water partition coefficient (Wildman–Crippen LogP) is 3.31. The molecule has 2 aromatic rings. The second-order valence-electron chi connectivity index (χ2n) is 5.57. The zero-order chi connectivity index (χ0) is 15.6. The van der Waals surface area contributed by atoms with Crippen LogP contribution in [0.2, 0.25) is 0 Å². The predicted molar refractivity (Wildman–Crippen MR) is 92.1 cm³/mol. The molecule has 0 spiro atoms. The first-order valence-corrected chi connectivity index (χ1v) is 7.84. The van der Waals surface area contributed by atoms with Gasteiger partial charge >= 0.3 is 0 Å². The summed E-state index contributed by atoms with van der Waals surface area (Å²) in [5.74, 6) is 0.955. The molecule has 2 rings (SSSR count). The standard InChI is InChI=1S/C19H26N2O/c1-21(16-17-9-4-3-5-10-17)14-8-13-20-15-18-11-6-7-12-19(18)22-2/h3-7,9-12,20H,8,13-16H2,1-2H3. The van der Waals surface area contributed by atoms with Gasteiger partial charge in [0.15, 0.2) is 0 Å². The maximum absolute atomic E-state index is 5.36. The first-order chi connectivity index (χ1) is 10.8. The van der Waals surface area contributed by atoms with E-state index >= 15 is 0 Å². The summed E-state index contributed by atoms with van der Waals surface area (Å²) in [6.45, 7) is 3.96. The summed E-state index contributed by atoms with van der Waals surface area (Å²) in [5.41, 5.74) is 2.58. The lowest BCUT2D eigenvalue weighted by Crippen LogP contribution is -2.23. The molecule has 0 aliphatic heterocycles. The number of hydrogen-bond acceptors (Lipinski definition) is 3. The fourth-order valence-corrected chi connectivity index (χ4v) is 2.52. The van der Waals surface area contributed by atoms with Crippen LogP contribution in [0.15, 0.2) is 54.6 Å². The third-order valence-electron chi connectivity index (χ3n) is 3.70. The summed E-state index contributed by atoms with van der Waals surface area (Å²) in [6.07, 6.45) is 1.14. The van der Waals surface area contributed by atoms with Crippen LogP contribution in [0, 0.1) is 0 Å². The molecule has 0 aromatic heterocycles. The van der Waals surface area contributed by atoms with Crippen molar-refractivity contribution < 1.29 is 4.74 Å². The number of methoxy groups -OCH3 is 1. The molecule has 22 heavy (non-hydrogen) atoms. The van der Waals surface area contributed by atoms with Crippen molar-refractivity contribution >= 4 is 0 Å². The molecule has 2 aromatic carbocycles. The Hall–Kier alpha value is -1.84. The minimum Gasteiger partial charge on any atom is -0.496 e. The molecule has 0 radical (unpaired) electrons. The molecule has 0 aliphatic rings.